The number of amides is 1. The fraction of sp³-hybridized carbons (Fsp3) is 0.0625. The minimum absolute atomic E-state index is 0.0444. The van der Waals surface area contributed by atoms with Crippen molar-refractivity contribution in [2.75, 3.05) is 5.32 Å². The van der Waals surface area contributed by atoms with Gasteiger partial charge in [0.2, 0.25) is 5.91 Å². The Morgan fingerprint density at radius 1 is 1.10 bits per heavy atom. The van der Waals surface area contributed by atoms with Gasteiger partial charge in [0.25, 0.3) is 0 Å². The zero-order valence-corrected chi connectivity index (χ0v) is 11.0. The van der Waals surface area contributed by atoms with Crippen LogP contribution in [0, 0.1) is 11.6 Å². The molecule has 2 aromatic carbocycles. The maximum atomic E-state index is 13.5. The minimum Gasteiger partial charge on any atom is -0.361 e. The molecule has 21 heavy (non-hydrogen) atoms. The molecule has 0 bridgehead atoms. The normalized spacial score (nSPS) is 10.8. The number of aromatic nitrogens is 1. The van der Waals surface area contributed by atoms with Crippen LogP contribution in [0.1, 0.15) is 5.56 Å². The number of carbonyl (C=O) groups excluding carboxylic acids is 1. The van der Waals surface area contributed by atoms with Crippen molar-refractivity contribution in [1.29, 1.82) is 0 Å². The molecule has 3 rings (SSSR count). The van der Waals surface area contributed by atoms with Crippen molar-refractivity contribution in [2.24, 2.45) is 0 Å². The predicted octanol–water partition coefficient (Wildman–Crippen LogP) is 3.63. The summed E-state index contributed by atoms with van der Waals surface area (Å²) in [5.74, 6) is -2.05. The van der Waals surface area contributed by atoms with Crippen LogP contribution in [-0.4, -0.2) is 10.9 Å². The number of halogens is 2. The van der Waals surface area contributed by atoms with Gasteiger partial charge in [0.1, 0.15) is 17.3 Å². The summed E-state index contributed by atoms with van der Waals surface area (Å²) in [6, 6.07) is 10.9. The monoisotopic (exact) mass is 286 g/mol. The second-order valence-corrected chi connectivity index (χ2v) is 4.72. The van der Waals surface area contributed by atoms with Crippen LogP contribution < -0.4 is 5.32 Å². The number of carbonyl (C=O) groups is 1. The second kappa shape index (κ2) is 5.36. The van der Waals surface area contributed by atoms with Crippen molar-refractivity contribution in [2.45, 2.75) is 6.42 Å². The number of hydrogen-bond acceptors (Lipinski definition) is 1. The van der Waals surface area contributed by atoms with E-state index in [1.165, 1.54) is 6.07 Å². The first-order valence-electron chi connectivity index (χ1n) is 6.43. The van der Waals surface area contributed by atoms with E-state index in [0.29, 0.717) is 0 Å². The van der Waals surface area contributed by atoms with Crippen molar-refractivity contribution >= 4 is 22.5 Å². The van der Waals surface area contributed by atoms with E-state index >= 15 is 0 Å². The molecule has 0 atom stereocenters. The molecule has 0 saturated carbocycles. The molecule has 0 fully saturated rings. The predicted molar refractivity (Wildman–Crippen MR) is 77.0 cm³/mol. The van der Waals surface area contributed by atoms with Crippen LogP contribution in [0.3, 0.4) is 0 Å². The van der Waals surface area contributed by atoms with Crippen molar-refractivity contribution < 1.29 is 13.6 Å². The van der Waals surface area contributed by atoms with Crippen LogP contribution in [-0.2, 0) is 11.2 Å². The molecule has 0 radical (unpaired) electrons. The third-order valence-electron chi connectivity index (χ3n) is 3.21. The number of para-hydroxylation sites is 1. The minimum atomic E-state index is -0.789. The molecule has 0 aliphatic rings. The highest BCUT2D eigenvalue weighted by Crippen LogP contribution is 2.19. The highest BCUT2D eigenvalue weighted by Gasteiger charge is 2.12. The average Bonchev–Trinajstić information content (AvgIpc) is 2.90. The summed E-state index contributed by atoms with van der Waals surface area (Å²) in [6.07, 6.45) is 1.85. The lowest BCUT2D eigenvalue weighted by Crippen LogP contribution is -2.16. The van der Waals surface area contributed by atoms with Gasteiger partial charge in [-0.15, -0.1) is 0 Å². The van der Waals surface area contributed by atoms with Crippen LogP contribution in [0.5, 0.6) is 0 Å². The SMILES string of the molecule is O=C(Cc1ccc2cc[nH]c2c1)Nc1c(F)cccc1F. The number of rotatable bonds is 3. The Hall–Kier alpha value is -2.69. The molecule has 3 nitrogen and oxygen atoms in total. The molecular weight excluding hydrogens is 274 g/mol. The molecule has 5 heteroatoms. The third kappa shape index (κ3) is 2.76. The van der Waals surface area contributed by atoms with Crippen molar-refractivity contribution in [3.05, 3.63) is 65.9 Å². The van der Waals surface area contributed by atoms with E-state index in [1.807, 2.05) is 30.5 Å². The van der Waals surface area contributed by atoms with Gasteiger partial charge < -0.3 is 10.3 Å². The maximum Gasteiger partial charge on any atom is 0.228 e. The van der Waals surface area contributed by atoms with Gasteiger partial charge in [0.15, 0.2) is 0 Å². The van der Waals surface area contributed by atoms with Crippen LogP contribution in [0.25, 0.3) is 10.9 Å². The van der Waals surface area contributed by atoms with Crippen LogP contribution in [0.15, 0.2) is 48.7 Å². The van der Waals surface area contributed by atoms with Gasteiger partial charge in [-0.25, -0.2) is 8.78 Å². The number of nitrogens with one attached hydrogen (secondary N) is 2. The highest BCUT2D eigenvalue weighted by atomic mass is 19.1. The Kier molecular flexibility index (Phi) is 3.39. The highest BCUT2D eigenvalue weighted by molar-refractivity contribution is 5.93. The smallest absolute Gasteiger partial charge is 0.228 e. The summed E-state index contributed by atoms with van der Waals surface area (Å²) in [6.45, 7) is 0. The molecule has 2 N–H and O–H groups in total. The number of hydrogen-bond donors (Lipinski definition) is 2. The Labute approximate surface area is 119 Å². The van der Waals surface area contributed by atoms with Gasteiger partial charge >= 0.3 is 0 Å². The lowest BCUT2D eigenvalue weighted by Gasteiger charge is -2.07. The number of benzene rings is 2. The summed E-state index contributed by atoms with van der Waals surface area (Å²) in [5, 5.41) is 3.31. The Morgan fingerprint density at radius 2 is 1.86 bits per heavy atom. The van der Waals surface area contributed by atoms with Gasteiger partial charge in [-0.2, -0.15) is 0 Å². The lowest BCUT2D eigenvalue weighted by molar-refractivity contribution is -0.115. The summed E-state index contributed by atoms with van der Waals surface area (Å²) < 4.78 is 26.9. The largest absolute Gasteiger partial charge is 0.361 e. The van der Waals surface area contributed by atoms with Gasteiger partial charge in [-0.3, -0.25) is 4.79 Å². The van der Waals surface area contributed by atoms with Gasteiger partial charge in [-0.1, -0.05) is 18.2 Å². The summed E-state index contributed by atoms with van der Waals surface area (Å²) in [5.41, 5.74) is 1.26. The van der Waals surface area contributed by atoms with E-state index in [1.54, 1.807) is 0 Å². The lowest BCUT2D eigenvalue weighted by atomic mass is 10.1. The first-order chi connectivity index (χ1) is 10.1. The molecule has 0 saturated heterocycles. The topological polar surface area (TPSA) is 44.9 Å². The van der Waals surface area contributed by atoms with Crippen LogP contribution in [0.2, 0.25) is 0 Å². The molecule has 0 spiro atoms. The Balaban J connectivity index is 1.77. The molecule has 0 aliphatic heterocycles. The van der Waals surface area contributed by atoms with E-state index in [2.05, 4.69) is 10.3 Å². The summed E-state index contributed by atoms with van der Waals surface area (Å²) >= 11 is 0. The van der Waals surface area contributed by atoms with Gasteiger partial charge in [0.05, 0.1) is 6.42 Å². The second-order valence-electron chi connectivity index (χ2n) is 4.72. The zero-order chi connectivity index (χ0) is 14.8. The molecule has 106 valence electrons. The molecule has 1 aromatic heterocycles. The van der Waals surface area contributed by atoms with Crippen molar-refractivity contribution in [3.8, 4) is 0 Å². The zero-order valence-electron chi connectivity index (χ0n) is 11.0. The molecule has 3 aromatic rings. The third-order valence-corrected chi connectivity index (χ3v) is 3.21. The number of H-pyrrole nitrogens is 1. The Morgan fingerprint density at radius 3 is 2.62 bits per heavy atom. The average molecular weight is 286 g/mol. The molecular formula is C16H12F2N2O. The van der Waals surface area contributed by atoms with Crippen molar-refractivity contribution in [3.63, 3.8) is 0 Å². The fourth-order valence-corrected chi connectivity index (χ4v) is 2.19. The molecule has 0 unspecified atom stereocenters. The summed E-state index contributed by atoms with van der Waals surface area (Å²) in [7, 11) is 0. The molecule has 0 aliphatic carbocycles. The maximum absolute atomic E-state index is 13.5. The van der Waals surface area contributed by atoms with Crippen LogP contribution >= 0.6 is 0 Å². The molecule has 1 heterocycles. The standard InChI is InChI=1S/C16H12F2N2O/c17-12-2-1-3-13(18)16(12)20-15(21)9-10-4-5-11-6-7-19-14(11)8-10/h1-8,19H,9H2,(H,20,21). The van der Waals surface area contributed by atoms with Gasteiger partial charge in [-0.05, 0) is 35.2 Å². The first-order valence-corrected chi connectivity index (χ1v) is 6.43. The van der Waals surface area contributed by atoms with E-state index < -0.39 is 23.2 Å². The van der Waals surface area contributed by atoms with E-state index in [0.717, 1.165) is 28.6 Å². The van der Waals surface area contributed by atoms with Gasteiger partial charge in [0, 0.05) is 11.7 Å². The Bertz CT molecular complexity index is 791. The number of anilines is 1. The van der Waals surface area contributed by atoms with Crippen LogP contribution in [0.4, 0.5) is 14.5 Å². The van der Waals surface area contributed by atoms with Crippen molar-refractivity contribution in [1.82, 2.24) is 4.98 Å². The fourth-order valence-electron chi connectivity index (χ4n) is 2.19. The van der Waals surface area contributed by atoms with E-state index in [9.17, 15) is 13.6 Å². The number of aromatic amines is 1. The van der Waals surface area contributed by atoms with E-state index in [4.69, 9.17) is 0 Å². The quantitative estimate of drug-likeness (QED) is 0.758. The first kappa shape index (κ1) is 13.3. The number of fused-ring (bicyclic) bond motifs is 1. The summed E-state index contributed by atoms with van der Waals surface area (Å²) in [4.78, 5) is 15.0. The molecule has 1 amide bonds. The van der Waals surface area contributed by atoms with E-state index in [-0.39, 0.29) is 6.42 Å².